The molecule has 1 unspecified atom stereocenters. The molecule has 1 atom stereocenters. The fourth-order valence-electron chi connectivity index (χ4n) is 2.09. The van der Waals surface area contributed by atoms with Crippen LogP contribution in [0.1, 0.15) is 29.8 Å². The molecule has 1 N–H and O–H groups in total. The molecule has 1 saturated heterocycles. The van der Waals surface area contributed by atoms with E-state index in [0.717, 1.165) is 6.54 Å². The molecule has 0 saturated carbocycles. The second kappa shape index (κ2) is 3.73. The van der Waals surface area contributed by atoms with E-state index in [1.807, 2.05) is 0 Å². The van der Waals surface area contributed by atoms with Crippen molar-refractivity contribution in [1.29, 1.82) is 0 Å². The molecule has 2 rings (SSSR count). The fourth-order valence-corrected chi connectivity index (χ4v) is 2.09. The average Bonchev–Trinajstić information content (AvgIpc) is 2.73. The highest BCUT2D eigenvalue weighted by Gasteiger charge is 2.16. The number of nitrogens with zero attached hydrogens (tertiary/aromatic N) is 2. The van der Waals surface area contributed by atoms with Crippen LogP contribution in [-0.4, -0.2) is 22.4 Å². The Kier molecular flexibility index (Phi) is 2.59. The predicted molar refractivity (Wildman–Crippen MR) is 57.5 cm³/mol. The van der Waals surface area contributed by atoms with Crippen molar-refractivity contribution in [3.63, 3.8) is 0 Å². The molecule has 0 aliphatic carbocycles. The SMILES string of the molecule is Cc1nn(CC2CCCN2)c(C)c1C. The molecule has 1 aromatic heterocycles. The lowest BCUT2D eigenvalue weighted by atomic mass is 10.2. The first kappa shape index (κ1) is 9.71. The van der Waals surface area contributed by atoms with Gasteiger partial charge < -0.3 is 5.32 Å². The molecule has 3 heteroatoms. The molecule has 14 heavy (non-hydrogen) atoms. The quantitative estimate of drug-likeness (QED) is 0.772. The average molecular weight is 193 g/mol. The van der Waals surface area contributed by atoms with Gasteiger partial charge in [0.05, 0.1) is 12.2 Å². The van der Waals surface area contributed by atoms with Gasteiger partial charge in [0.15, 0.2) is 0 Å². The number of aryl methyl sites for hydroxylation is 1. The smallest absolute Gasteiger partial charge is 0.0625 e. The molecular weight excluding hydrogens is 174 g/mol. The second-order valence-electron chi connectivity index (χ2n) is 4.27. The number of aromatic nitrogens is 2. The van der Waals surface area contributed by atoms with Crippen molar-refractivity contribution < 1.29 is 0 Å². The van der Waals surface area contributed by atoms with Gasteiger partial charge in [0.1, 0.15) is 0 Å². The maximum atomic E-state index is 4.55. The molecule has 0 bridgehead atoms. The Labute approximate surface area is 85.5 Å². The third-order valence-corrected chi connectivity index (χ3v) is 3.30. The van der Waals surface area contributed by atoms with Gasteiger partial charge in [0, 0.05) is 11.7 Å². The van der Waals surface area contributed by atoms with Crippen LogP contribution in [0.25, 0.3) is 0 Å². The minimum absolute atomic E-state index is 0.632. The summed E-state index contributed by atoms with van der Waals surface area (Å²) in [6.07, 6.45) is 2.60. The maximum Gasteiger partial charge on any atom is 0.0625 e. The summed E-state index contributed by atoms with van der Waals surface area (Å²) in [4.78, 5) is 0. The van der Waals surface area contributed by atoms with Gasteiger partial charge in [-0.3, -0.25) is 4.68 Å². The van der Waals surface area contributed by atoms with Crippen LogP contribution in [0.3, 0.4) is 0 Å². The van der Waals surface area contributed by atoms with Crippen LogP contribution in [0.15, 0.2) is 0 Å². The van der Waals surface area contributed by atoms with Gasteiger partial charge >= 0.3 is 0 Å². The third kappa shape index (κ3) is 1.69. The zero-order valence-corrected chi connectivity index (χ0v) is 9.30. The van der Waals surface area contributed by atoms with Crippen LogP contribution in [0.5, 0.6) is 0 Å². The molecule has 78 valence electrons. The Morgan fingerprint density at radius 2 is 2.21 bits per heavy atom. The standard InChI is InChI=1S/C11H19N3/c1-8-9(2)13-14(10(8)3)7-11-5-4-6-12-11/h11-12H,4-7H2,1-3H3. The van der Waals surface area contributed by atoms with Gasteiger partial charge in [-0.25, -0.2) is 0 Å². The monoisotopic (exact) mass is 193 g/mol. The zero-order valence-electron chi connectivity index (χ0n) is 9.30. The minimum Gasteiger partial charge on any atom is -0.312 e. The van der Waals surface area contributed by atoms with E-state index in [2.05, 4.69) is 35.9 Å². The minimum atomic E-state index is 0.632. The summed E-state index contributed by atoms with van der Waals surface area (Å²) < 4.78 is 2.15. The van der Waals surface area contributed by atoms with E-state index in [-0.39, 0.29) is 0 Å². The number of hydrogen-bond acceptors (Lipinski definition) is 2. The third-order valence-electron chi connectivity index (χ3n) is 3.30. The number of hydrogen-bond donors (Lipinski definition) is 1. The van der Waals surface area contributed by atoms with Gasteiger partial charge in [-0.05, 0) is 45.7 Å². The van der Waals surface area contributed by atoms with Gasteiger partial charge in [0.25, 0.3) is 0 Å². The van der Waals surface area contributed by atoms with E-state index >= 15 is 0 Å². The Morgan fingerprint density at radius 1 is 1.43 bits per heavy atom. The molecule has 1 aliphatic heterocycles. The normalized spacial score (nSPS) is 21.8. The molecular formula is C11H19N3. The first-order valence-corrected chi connectivity index (χ1v) is 5.42. The van der Waals surface area contributed by atoms with Crippen LogP contribution in [0.4, 0.5) is 0 Å². The van der Waals surface area contributed by atoms with E-state index in [4.69, 9.17) is 0 Å². The Morgan fingerprint density at radius 3 is 2.71 bits per heavy atom. The second-order valence-corrected chi connectivity index (χ2v) is 4.27. The summed E-state index contributed by atoms with van der Waals surface area (Å²) in [6, 6.07) is 0.632. The highest BCUT2D eigenvalue weighted by Crippen LogP contribution is 2.14. The van der Waals surface area contributed by atoms with Crippen molar-refractivity contribution in [3.8, 4) is 0 Å². The van der Waals surface area contributed by atoms with E-state index in [1.165, 1.54) is 36.3 Å². The van der Waals surface area contributed by atoms with Crippen LogP contribution in [0.2, 0.25) is 0 Å². The summed E-state index contributed by atoms with van der Waals surface area (Å²) in [5.41, 5.74) is 3.82. The molecule has 1 aromatic rings. The van der Waals surface area contributed by atoms with Crippen molar-refractivity contribution in [2.75, 3.05) is 6.54 Å². The van der Waals surface area contributed by atoms with Crippen LogP contribution < -0.4 is 5.32 Å². The van der Waals surface area contributed by atoms with E-state index in [0.29, 0.717) is 6.04 Å². The van der Waals surface area contributed by atoms with Gasteiger partial charge in [-0.1, -0.05) is 0 Å². The Hall–Kier alpha value is -0.830. The van der Waals surface area contributed by atoms with Crippen molar-refractivity contribution in [2.24, 2.45) is 0 Å². The Bertz CT molecular complexity index is 322. The number of rotatable bonds is 2. The first-order valence-electron chi connectivity index (χ1n) is 5.42. The maximum absolute atomic E-state index is 4.55. The summed E-state index contributed by atoms with van der Waals surface area (Å²) in [5, 5.41) is 8.05. The van der Waals surface area contributed by atoms with Crippen LogP contribution >= 0.6 is 0 Å². The number of nitrogens with one attached hydrogen (secondary N) is 1. The zero-order chi connectivity index (χ0) is 10.1. The highest BCUT2D eigenvalue weighted by atomic mass is 15.3. The summed E-state index contributed by atoms with van der Waals surface area (Å²) in [6.45, 7) is 8.59. The van der Waals surface area contributed by atoms with E-state index in [1.54, 1.807) is 0 Å². The summed E-state index contributed by atoms with van der Waals surface area (Å²) >= 11 is 0. The lowest BCUT2D eigenvalue weighted by Crippen LogP contribution is -2.27. The van der Waals surface area contributed by atoms with E-state index < -0.39 is 0 Å². The topological polar surface area (TPSA) is 29.9 Å². The van der Waals surface area contributed by atoms with Gasteiger partial charge in [0.2, 0.25) is 0 Å². The summed E-state index contributed by atoms with van der Waals surface area (Å²) in [5.74, 6) is 0. The molecule has 3 nitrogen and oxygen atoms in total. The molecule has 2 heterocycles. The largest absolute Gasteiger partial charge is 0.312 e. The van der Waals surface area contributed by atoms with Gasteiger partial charge in [-0.15, -0.1) is 0 Å². The summed E-state index contributed by atoms with van der Waals surface area (Å²) in [7, 11) is 0. The van der Waals surface area contributed by atoms with Gasteiger partial charge in [-0.2, -0.15) is 5.10 Å². The van der Waals surface area contributed by atoms with Crippen molar-refractivity contribution in [1.82, 2.24) is 15.1 Å². The van der Waals surface area contributed by atoms with Crippen molar-refractivity contribution >= 4 is 0 Å². The molecule has 1 aliphatic rings. The predicted octanol–water partition coefficient (Wildman–Crippen LogP) is 1.56. The van der Waals surface area contributed by atoms with Crippen molar-refractivity contribution in [2.45, 2.75) is 46.2 Å². The van der Waals surface area contributed by atoms with Crippen LogP contribution in [0, 0.1) is 20.8 Å². The Balaban J connectivity index is 2.12. The molecule has 0 radical (unpaired) electrons. The van der Waals surface area contributed by atoms with Crippen molar-refractivity contribution in [3.05, 3.63) is 17.0 Å². The first-order chi connectivity index (χ1) is 6.68. The highest BCUT2D eigenvalue weighted by molar-refractivity contribution is 5.22. The van der Waals surface area contributed by atoms with E-state index in [9.17, 15) is 0 Å². The molecule has 0 amide bonds. The lowest BCUT2D eigenvalue weighted by molar-refractivity contribution is 0.467. The fraction of sp³-hybridized carbons (Fsp3) is 0.727. The molecule has 0 spiro atoms. The van der Waals surface area contributed by atoms with Crippen LogP contribution in [-0.2, 0) is 6.54 Å². The molecule has 1 fully saturated rings. The lowest BCUT2D eigenvalue weighted by Gasteiger charge is -2.11. The molecule has 0 aromatic carbocycles.